The summed E-state index contributed by atoms with van der Waals surface area (Å²) in [5.74, 6) is -0.952. The van der Waals surface area contributed by atoms with Gasteiger partial charge in [-0.05, 0) is 30.2 Å². The van der Waals surface area contributed by atoms with Crippen molar-refractivity contribution in [1.82, 2.24) is 4.90 Å². The van der Waals surface area contributed by atoms with Crippen molar-refractivity contribution in [1.29, 1.82) is 0 Å². The molecule has 112 valence electrons. The summed E-state index contributed by atoms with van der Waals surface area (Å²) in [6, 6.07) is 4.75. The molecule has 0 radical (unpaired) electrons. The molecule has 0 amide bonds. The van der Waals surface area contributed by atoms with Gasteiger partial charge in [-0.25, -0.2) is 0 Å². The number of benzene rings is 1. The highest BCUT2D eigenvalue weighted by Gasteiger charge is 2.30. The topological polar surface area (TPSA) is 40.5 Å². The summed E-state index contributed by atoms with van der Waals surface area (Å²) in [6.07, 6.45) is 3.14. The zero-order valence-electron chi connectivity index (χ0n) is 11.0. The van der Waals surface area contributed by atoms with Crippen molar-refractivity contribution in [2.24, 2.45) is 0 Å². The van der Waals surface area contributed by atoms with Gasteiger partial charge in [-0.15, -0.1) is 0 Å². The van der Waals surface area contributed by atoms with Crippen LogP contribution in [0.3, 0.4) is 0 Å². The molecule has 0 bridgehead atoms. The molecule has 6 heteroatoms. The Morgan fingerprint density at radius 3 is 2.43 bits per heavy atom. The highest BCUT2D eigenvalue weighted by atomic mass is 19.4. The van der Waals surface area contributed by atoms with Crippen LogP contribution in [0.4, 0.5) is 13.2 Å². The molecular formula is C15H14F3NO2. The second-order valence-corrected chi connectivity index (χ2v) is 4.76. The average Bonchev–Trinajstić information content (AvgIpc) is 2.40. The largest absolute Gasteiger partial charge is 0.480 e. The second-order valence-electron chi connectivity index (χ2n) is 4.76. The summed E-state index contributed by atoms with van der Waals surface area (Å²) >= 11 is 0. The molecule has 0 aromatic heterocycles. The molecule has 2 rings (SSSR count). The van der Waals surface area contributed by atoms with Crippen LogP contribution < -0.4 is 0 Å². The Bertz CT molecular complexity index is 561. The summed E-state index contributed by atoms with van der Waals surface area (Å²) in [5, 5.41) is 8.85. The monoisotopic (exact) mass is 297 g/mol. The van der Waals surface area contributed by atoms with Crippen LogP contribution in [0.15, 0.2) is 48.7 Å². The highest BCUT2D eigenvalue weighted by Crippen LogP contribution is 2.29. The Balaban J connectivity index is 2.08. The highest BCUT2D eigenvalue weighted by molar-refractivity contribution is 5.69. The van der Waals surface area contributed by atoms with E-state index in [-0.39, 0.29) is 12.6 Å². The van der Waals surface area contributed by atoms with Crippen LogP contribution in [0.25, 0.3) is 0 Å². The average molecular weight is 297 g/mol. The van der Waals surface area contributed by atoms with Crippen molar-refractivity contribution in [3.63, 3.8) is 0 Å². The molecule has 21 heavy (non-hydrogen) atoms. The first-order valence-electron chi connectivity index (χ1n) is 6.35. The lowest BCUT2D eigenvalue weighted by atomic mass is 10.0. The number of halogens is 3. The van der Waals surface area contributed by atoms with Crippen LogP contribution in [0, 0.1) is 0 Å². The van der Waals surface area contributed by atoms with E-state index < -0.39 is 17.7 Å². The molecule has 1 aliphatic rings. The number of aliphatic carboxylic acids is 1. The summed E-state index contributed by atoms with van der Waals surface area (Å²) < 4.78 is 37.5. The SMILES string of the molecule is O=C(O)CN1C=CC=CC1Cc1ccc(C(F)(F)F)cc1. The standard InChI is InChI=1S/C15H14F3NO2/c16-15(17,18)12-6-4-11(5-7-12)9-13-3-1-2-8-19(13)10-14(20)21/h1-8,13H,9-10H2,(H,20,21). The summed E-state index contributed by atoms with van der Waals surface area (Å²) in [7, 11) is 0. The van der Waals surface area contributed by atoms with E-state index in [2.05, 4.69) is 0 Å². The van der Waals surface area contributed by atoms with Crippen molar-refractivity contribution in [2.75, 3.05) is 6.54 Å². The number of rotatable bonds is 4. The molecule has 1 N–H and O–H groups in total. The predicted molar refractivity (Wildman–Crippen MR) is 71.6 cm³/mol. The van der Waals surface area contributed by atoms with Gasteiger partial charge in [0.1, 0.15) is 6.54 Å². The fourth-order valence-electron chi connectivity index (χ4n) is 2.16. The quantitative estimate of drug-likeness (QED) is 0.928. The third kappa shape index (κ3) is 4.11. The van der Waals surface area contributed by atoms with Crippen LogP contribution in [-0.4, -0.2) is 28.6 Å². The molecule has 1 aromatic carbocycles. The van der Waals surface area contributed by atoms with Gasteiger partial charge in [0.2, 0.25) is 0 Å². The van der Waals surface area contributed by atoms with Gasteiger partial charge in [0.05, 0.1) is 11.6 Å². The predicted octanol–water partition coefficient (Wildman–Crippen LogP) is 3.09. The smallest absolute Gasteiger partial charge is 0.416 e. The number of carbonyl (C=O) groups is 1. The van der Waals surface area contributed by atoms with Gasteiger partial charge in [0, 0.05) is 6.20 Å². The zero-order valence-corrected chi connectivity index (χ0v) is 11.0. The molecule has 1 unspecified atom stereocenters. The molecule has 3 nitrogen and oxygen atoms in total. The third-order valence-electron chi connectivity index (χ3n) is 3.19. The van der Waals surface area contributed by atoms with Gasteiger partial charge in [-0.1, -0.05) is 24.3 Å². The van der Waals surface area contributed by atoms with Crippen LogP contribution in [0.2, 0.25) is 0 Å². The normalized spacial score (nSPS) is 18.0. The van der Waals surface area contributed by atoms with Gasteiger partial charge in [0.15, 0.2) is 0 Å². The van der Waals surface area contributed by atoms with Gasteiger partial charge in [-0.2, -0.15) is 13.2 Å². The summed E-state index contributed by atoms with van der Waals surface area (Å²) in [4.78, 5) is 12.4. The van der Waals surface area contributed by atoms with Crippen LogP contribution >= 0.6 is 0 Å². The lowest BCUT2D eigenvalue weighted by Crippen LogP contribution is -2.36. The van der Waals surface area contributed by atoms with Crippen molar-refractivity contribution in [3.05, 3.63) is 59.8 Å². The van der Waals surface area contributed by atoms with Gasteiger partial charge >= 0.3 is 12.1 Å². The van der Waals surface area contributed by atoms with Crippen molar-refractivity contribution < 1.29 is 23.1 Å². The first-order chi connectivity index (χ1) is 9.86. The summed E-state index contributed by atoms with van der Waals surface area (Å²) in [5.41, 5.74) is 0.0380. The van der Waals surface area contributed by atoms with Crippen molar-refractivity contribution in [3.8, 4) is 0 Å². The van der Waals surface area contributed by atoms with Gasteiger partial charge in [0.25, 0.3) is 0 Å². The summed E-state index contributed by atoms with van der Waals surface area (Å²) in [6.45, 7) is -0.147. The van der Waals surface area contributed by atoms with Crippen LogP contribution in [0.5, 0.6) is 0 Å². The van der Waals surface area contributed by atoms with E-state index in [1.807, 2.05) is 6.08 Å². The maximum absolute atomic E-state index is 12.5. The van der Waals surface area contributed by atoms with E-state index in [1.54, 1.807) is 23.3 Å². The minimum absolute atomic E-state index is 0.147. The number of hydrogen-bond donors (Lipinski definition) is 1. The first kappa shape index (κ1) is 15.2. The molecule has 1 aromatic rings. The number of hydrogen-bond acceptors (Lipinski definition) is 2. The van der Waals surface area contributed by atoms with Crippen molar-refractivity contribution >= 4 is 5.97 Å². The fourth-order valence-corrected chi connectivity index (χ4v) is 2.16. The van der Waals surface area contributed by atoms with Crippen molar-refractivity contribution in [2.45, 2.75) is 18.6 Å². The maximum atomic E-state index is 12.5. The molecular weight excluding hydrogens is 283 g/mol. The Morgan fingerprint density at radius 1 is 1.19 bits per heavy atom. The number of alkyl halides is 3. The van der Waals surface area contributed by atoms with Gasteiger partial charge < -0.3 is 10.0 Å². The number of nitrogens with zero attached hydrogens (tertiary/aromatic N) is 1. The Hall–Kier alpha value is -2.24. The lowest BCUT2D eigenvalue weighted by molar-refractivity contribution is -0.138. The molecule has 1 heterocycles. The molecule has 0 spiro atoms. The third-order valence-corrected chi connectivity index (χ3v) is 3.19. The van der Waals surface area contributed by atoms with Gasteiger partial charge in [-0.3, -0.25) is 4.79 Å². The molecule has 1 atom stereocenters. The molecule has 0 fully saturated rings. The molecule has 0 aliphatic carbocycles. The van der Waals surface area contributed by atoms with E-state index in [4.69, 9.17) is 5.11 Å². The lowest BCUT2D eigenvalue weighted by Gasteiger charge is -2.29. The van der Waals surface area contributed by atoms with Crippen LogP contribution in [-0.2, 0) is 17.4 Å². The maximum Gasteiger partial charge on any atom is 0.416 e. The molecule has 1 aliphatic heterocycles. The number of carboxylic acids is 1. The number of carboxylic acid groups (broad SMARTS) is 1. The molecule has 0 saturated carbocycles. The van der Waals surface area contributed by atoms with E-state index in [0.29, 0.717) is 6.42 Å². The first-order valence-corrected chi connectivity index (χ1v) is 6.35. The number of allylic oxidation sites excluding steroid dienone is 2. The second kappa shape index (κ2) is 6.03. The van der Waals surface area contributed by atoms with E-state index in [1.165, 1.54) is 12.1 Å². The molecule has 0 saturated heterocycles. The van der Waals surface area contributed by atoms with Crippen LogP contribution in [0.1, 0.15) is 11.1 Å². The minimum atomic E-state index is -4.35. The fraction of sp³-hybridized carbons (Fsp3) is 0.267. The minimum Gasteiger partial charge on any atom is -0.480 e. The van der Waals surface area contributed by atoms with E-state index >= 15 is 0 Å². The Kier molecular flexibility index (Phi) is 4.35. The Labute approximate surface area is 120 Å². The van der Waals surface area contributed by atoms with E-state index in [0.717, 1.165) is 17.7 Å². The zero-order chi connectivity index (χ0) is 15.5. The van der Waals surface area contributed by atoms with E-state index in [9.17, 15) is 18.0 Å². The Morgan fingerprint density at radius 2 is 1.86 bits per heavy atom.